The average Bonchev–Trinajstić information content (AvgIpc) is 3.10. The molecule has 2 saturated carbocycles. The minimum atomic E-state index is -0.630. The van der Waals surface area contributed by atoms with Gasteiger partial charge in [-0.3, -0.25) is 9.59 Å². The molecule has 5 nitrogen and oxygen atoms in total. The third kappa shape index (κ3) is 3.80. The van der Waals surface area contributed by atoms with Crippen molar-refractivity contribution in [2.45, 2.75) is 65.0 Å². The lowest BCUT2D eigenvalue weighted by molar-refractivity contribution is -0.134. The molecule has 2 aliphatic rings. The SMILES string of the molecule is CNC(=O)C(NC(=O)C(C)C)C(C)OCC12CCC(CC1)C2. The van der Waals surface area contributed by atoms with Crippen LogP contribution in [0.3, 0.4) is 0 Å². The fraction of sp³-hybridized carbons (Fsp3) is 0.882. The molecule has 0 saturated heterocycles. The van der Waals surface area contributed by atoms with Crippen LogP contribution in [-0.4, -0.2) is 37.6 Å². The number of ether oxygens (including phenoxy) is 1. The van der Waals surface area contributed by atoms with Crippen molar-refractivity contribution in [2.75, 3.05) is 13.7 Å². The van der Waals surface area contributed by atoms with Crippen LogP contribution >= 0.6 is 0 Å². The van der Waals surface area contributed by atoms with E-state index in [1.807, 2.05) is 20.8 Å². The minimum Gasteiger partial charge on any atom is -0.375 e. The monoisotopic (exact) mass is 310 g/mol. The summed E-state index contributed by atoms with van der Waals surface area (Å²) in [6.07, 6.45) is 6.07. The summed E-state index contributed by atoms with van der Waals surface area (Å²) >= 11 is 0. The van der Waals surface area contributed by atoms with E-state index in [1.165, 1.54) is 32.1 Å². The van der Waals surface area contributed by atoms with Crippen molar-refractivity contribution in [3.05, 3.63) is 0 Å². The molecule has 2 bridgehead atoms. The Kier molecular flexibility index (Phi) is 5.48. The zero-order chi connectivity index (χ0) is 16.3. The Bertz CT molecular complexity index is 414. The molecule has 2 aliphatic carbocycles. The van der Waals surface area contributed by atoms with Crippen LogP contribution in [0.5, 0.6) is 0 Å². The van der Waals surface area contributed by atoms with Crippen LogP contribution in [0.1, 0.15) is 52.9 Å². The molecule has 126 valence electrons. The maximum absolute atomic E-state index is 12.1. The van der Waals surface area contributed by atoms with E-state index in [4.69, 9.17) is 4.74 Å². The number of hydrogen-bond acceptors (Lipinski definition) is 3. The third-order valence-corrected chi connectivity index (χ3v) is 5.36. The van der Waals surface area contributed by atoms with Crippen LogP contribution in [0.4, 0.5) is 0 Å². The van der Waals surface area contributed by atoms with Crippen molar-refractivity contribution in [1.82, 2.24) is 10.6 Å². The Hall–Kier alpha value is -1.10. The molecule has 2 amide bonds. The fourth-order valence-corrected chi connectivity index (χ4v) is 3.79. The molecule has 2 rings (SSSR count). The Morgan fingerprint density at radius 1 is 1.18 bits per heavy atom. The smallest absolute Gasteiger partial charge is 0.245 e. The fourth-order valence-electron chi connectivity index (χ4n) is 3.79. The van der Waals surface area contributed by atoms with Crippen molar-refractivity contribution >= 4 is 11.8 Å². The predicted molar refractivity (Wildman–Crippen MR) is 85.3 cm³/mol. The highest BCUT2D eigenvalue weighted by Gasteiger charge is 2.45. The van der Waals surface area contributed by atoms with Gasteiger partial charge in [-0.1, -0.05) is 13.8 Å². The molecule has 0 aromatic carbocycles. The van der Waals surface area contributed by atoms with Crippen LogP contribution < -0.4 is 10.6 Å². The van der Waals surface area contributed by atoms with Gasteiger partial charge in [0.05, 0.1) is 12.7 Å². The van der Waals surface area contributed by atoms with E-state index in [-0.39, 0.29) is 23.8 Å². The highest BCUT2D eigenvalue weighted by molar-refractivity contribution is 5.88. The topological polar surface area (TPSA) is 67.4 Å². The molecule has 0 aromatic rings. The number of hydrogen-bond donors (Lipinski definition) is 2. The first-order valence-electron chi connectivity index (χ1n) is 8.50. The number of nitrogens with one attached hydrogen (secondary N) is 2. The molecule has 0 aliphatic heterocycles. The highest BCUT2D eigenvalue weighted by Crippen LogP contribution is 2.54. The molecule has 2 unspecified atom stereocenters. The molecule has 2 fully saturated rings. The Labute approximate surface area is 133 Å². The summed E-state index contributed by atoms with van der Waals surface area (Å²) in [5, 5.41) is 5.42. The zero-order valence-electron chi connectivity index (χ0n) is 14.3. The maximum atomic E-state index is 12.1. The quantitative estimate of drug-likeness (QED) is 0.754. The van der Waals surface area contributed by atoms with Gasteiger partial charge in [-0.05, 0) is 50.4 Å². The number of amides is 2. The van der Waals surface area contributed by atoms with E-state index in [1.54, 1.807) is 7.05 Å². The van der Waals surface area contributed by atoms with Crippen LogP contribution in [0.15, 0.2) is 0 Å². The molecule has 0 spiro atoms. The number of likely N-dealkylation sites (N-methyl/N-ethyl adjacent to an activating group) is 1. The van der Waals surface area contributed by atoms with Crippen LogP contribution in [0.25, 0.3) is 0 Å². The predicted octanol–water partition coefficient (Wildman–Crippen LogP) is 1.86. The van der Waals surface area contributed by atoms with E-state index >= 15 is 0 Å². The first-order valence-corrected chi connectivity index (χ1v) is 8.50. The van der Waals surface area contributed by atoms with E-state index in [2.05, 4.69) is 10.6 Å². The average molecular weight is 310 g/mol. The lowest BCUT2D eigenvalue weighted by atomic mass is 9.85. The summed E-state index contributed by atoms with van der Waals surface area (Å²) in [5.41, 5.74) is 0.328. The standard InChI is InChI=1S/C17H30N2O3/c1-11(2)15(20)19-14(16(21)18-4)12(3)22-10-17-7-5-13(9-17)6-8-17/h11-14H,5-10H2,1-4H3,(H,18,21)(H,19,20). The van der Waals surface area contributed by atoms with Crippen molar-refractivity contribution in [1.29, 1.82) is 0 Å². The summed E-state index contributed by atoms with van der Waals surface area (Å²) < 4.78 is 6.04. The van der Waals surface area contributed by atoms with Gasteiger partial charge >= 0.3 is 0 Å². The second kappa shape index (κ2) is 6.99. The van der Waals surface area contributed by atoms with Crippen LogP contribution in [-0.2, 0) is 14.3 Å². The van der Waals surface area contributed by atoms with Gasteiger partial charge in [0, 0.05) is 13.0 Å². The van der Waals surface area contributed by atoms with E-state index < -0.39 is 6.04 Å². The van der Waals surface area contributed by atoms with Gasteiger partial charge in [-0.15, -0.1) is 0 Å². The minimum absolute atomic E-state index is 0.121. The number of carbonyl (C=O) groups is 2. The van der Waals surface area contributed by atoms with Gasteiger partial charge in [-0.25, -0.2) is 0 Å². The van der Waals surface area contributed by atoms with E-state index in [0.717, 1.165) is 5.92 Å². The number of fused-ring (bicyclic) bond motifs is 2. The zero-order valence-corrected chi connectivity index (χ0v) is 14.3. The highest BCUT2D eigenvalue weighted by atomic mass is 16.5. The molecule has 22 heavy (non-hydrogen) atoms. The maximum Gasteiger partial charge on any atom is 0.245 e. The summed E-state index contributed by atoms with van der Waals surface area (Å²) in [4.78, 5) is 24.0. The number of rotatable bonds is 7. The van der Waals surface area contributed by atoms with Gasteiger partial charge in [0.1, 0.15) is 6.04 Å². The number of carbonyl (C=O) groups excluding carboxylic acids is 2. The Balaban J connectivity index is 1.92. The second-order valence-electron chi connectivity index (χ2n) is 7.42. The molecule has 0 aromatic heterocycles. The molecule has 2 N–H and O–H groups in total. The Morgan fingerprint density at radius 3 is 2.27 bits per heavy atom. The lowest BCUT2D eigenvalue weighted by Crippen LogP contribution is -2.53. The van der Waals surface area contributed by atoms with Crippen molar-refractivity contribution in [3.63, 3.8) is 0 Å². The van der Waals surface area contributed by atoms with Gasteiger partial charge in [0.25, 0.3) is 0 Å². The summed E-state index contributed by atoms with van der Waals surface area (Å²) in [6, 6.07) is -0.630. The van der Waals surface area contributed by atoms with Gasteiger partial charge in [0.2, 0.25) is 11.8 Å². The second-order valence-corrected chi connectivity index (χ2v) is 7.42. The van der Waals surface area contributed by atoms with Gasteiger partial charge in [-0.2, -0.15) is 0 Å². The lowest BCUT2D eigenvalue weighted by Gasteiger charge is -2.31. The van der Waals surface area contributed by atoms with Crippen molar-refractivity contribution in [2.24, 2.45) is 17.3 Å². The van der Waals surface area contributed by atoms with Crippen molar-refractivity contribution < 1.29 is 14.3 Å². The van der Waals surface area contributed by atoms with Crippen LogP contribution in [0, 0.1) is 17.3 Å². The van der Waals surface area contributed by atoms with Gasteiger partial charge < -0.3 is 15.4 Å². The molecular formula is C17H30N2O3. The summed E-state index contributed by atoms with van der Waals surface area (Å²) in [5.74, 6) is 0.413. The first-order chi connectivity index (χ1) is 10.4. The molecular weight excluding hydrogens is 280 g/mol. The molecule has 0 radical (unpaired) electrons. The van der Waals surface area contributed by atoms with E-state index in [0.29, 0.717) is 12.0 Å². The molecule has 0 heterocycles. The normalized spacial score (nSPS) is 29.4. The largest absolute Gasteiger partial charge is 0.375 e. The Morgan fingerprint density at radius 2 is 1.82 bits per heavy atom. The van der Waals surface area contributed by atoms with Gasteiger partial charge in [0.15, 0.2) is 0 Å². The van der Waals surface area contributed by atoms with E-state index in [9.17, 15) is 9.59 Å². The van der Waals surface area contributed by atoms with Crippen molar-refractivity contribution in [3.8, 4) is 0 Å². The summed E-state index contributed by atoms with van der Waals surface area (Å²) in [7, 11) is 1.58. The third-order valence-electron chi connectivity index (χ3n) is 5.36. The molecule has 2 atom stereocenters. The van der Waals surface area contributed by atoms with Crippen LogP contribution in [0.2, 0.25) is 0 Å². The molecule has 5 heteroatoms. The summed E-state index contributed by atoms with van der Waals surface area (Å²) in [6.45, 7) is 6.21. The first kappa shape index (κ1) is 17.3.